The molecule has 1 spiro atoms. The molecule has 1 unspecified atom stereocenters. The molecule has 8 nitrogen and oxygen atoms in total. The van der Waals surface area contributed by atoms with Crippen molar-refractivity contribution < 1.29 is 19.1 Å². The van der Waals surface area contributed by atoms with Crippen LogP contribution < -0.4 is 5.32 Å². The van der Waals surface area contributed by atoms with E-state index in [2.05, 4.69) is 5.32 Å². The van der Waals surface area contributed by atoms with Gasteiger partial charge in [-0.25, -0.2) is 0 Å². The number of nitrogens with one attached hydrogen (secondary N) is 1. The zero-order valence-corrected chi connectivity index (χ0v) is 15.7. The van der Waals surface area contributed by atoms with Gasteiger partial charge in [-0.05, 0) is 19.3 Å². The van der Waals surface area contributed by atoms with E-state index in [9.17, 15) is 14.4 Å². The Morgan fingerprint density at radius 3 is 2.85 bits per heavy atom. The quantitative estimate of drug-likeness (QED) is 0.696. The minimum absolute atomic E-state index is 0.00876. The van der Waals surface area contributed by atoms with E-state index in [1.54, 1.807) is 7.11 Å². The van der Waals surface area contributed by atoms with Crippen molar-refractivity contribution in [3.8, 4) is 0 Å². The molecular formula is C18H30N4O4. The molecule has 3 heterocycles. The monoisotopic (exact) mass is 366 g/mol. The minimum atomic E-state index is -0.0151. The number of ether oxygens (including phenoxy) is 1. The molecule has 1 N–H and O–H groups in total. The molecule has 0 bridgehead atoms. The third kappa shape index (κ3) is 4.54. The third-order valence-corrected chi connectivity index (χ3v) is 5.80. The molecule has 8 heteroatoms. The summed E-state index contributed by atoms with van der Waals surface area (Å²) in [7, 11) is 1.64. The molecule has 0 aromatic carbocycles. The van der Waals surface area contributed by atoms with Crippen LogP contribution in [0.5, 0.6) is 0 Å². The van der Waals surface area contributed by atoms with Crippen LogP contribution in [-0.4, -0.2) is 98.5 Å². The molecule has 3 aliphatic heterocycles. The predicted molar refractivity (Wildman–Crippen MR) is 95.4 cm³/mol. The van der Waals surface area contributed by atoms with Crippen LogP contribution in [0, 0.1) is 5.41 Å². The molecule has 3 aliphatic rings. The molecule has 3 saturated heterocycles. The number of piperazine rings is 1. The standard InChI is InChI=1S/C18H30N4O4/c1-26-10-9-22-14-18(5-3-16(22)24)4-2-7-21(13-18)17(25)12-20-8-6-19-15(23)11-20/h2-14H2,1H3,(H,19,23). The van der Waals surface area contributed by atoms with Crippen molar-refractivity contribution in [3.63, 3.8) is 0 Å². The van der Waals surface area contributed by atoms with Gasteiger partial charge in [0, 0.05) is 58.2 Å². The maximum atomic E-state index is 12.8. The van der Waals surface area contributed by atoms with Gasteiger partial charge in [-0.2, -0.15) is 0 Å². The summed E-state index contributed by atoms with van der Waals surface area (Å²) in [6.45, 7) is 5.28. The highest BCUT2D eigenvalue weighted by Gasteiger charge is 2.42. The Kier molecular flexibility index (Phi) is 6.13. The van der Waals surface area contributed by atoms with Gasteiger partial charge >= 0.3 is 0 Å². The number of methoxy groups -OCH3 is 1. The summed E-state index contributed by atoms with van der Waals surface area (Å²) in [4.78, 5) is 42.2. The Labute approximate surface area is 154 Å². The first-order chi connectivity index (χ1) is 12.5. The highest BCUT2D eigenvalue weighted by atomic mass is 16.5. The fourth-order valence-corrected chi connectivity index (χ4v) is 4.38. The Hall–Kier alpha value is -1.67. The first kappa shape index (κ1) is 19.1. The molecule has 0 saturated carbocycles. The topological polar surface area (TPSA) is 82.2 Å². The van der Waals surface area contributed by atoms with E-state index in [1.807, 2.05) is 14.7 Å². The number of rotatable bonds is 5. The van der Waals surface area contributed by atoms with Crippen LogP contribution in [0.2, 0.25) is 0 Å². The maximum absolute atomic E-state index is 12.8. The Morgan fingerprint density at radius 2 is 2.08 bits per heavy atom. The Balaban J connectivity index is 1.58. The molecule has 3 rings (SSSR count). The van der Waals surface area contributed by atoms with E-state index in [4.69, 9.17) is 4.74 Å². The van der Waals surface area contributed by atoms with E-state index >= 15 is 0 Å². The van der Waals surface area contributed by atoms with E-state index in [-0.39, 0.29) is 23.1 Å². The Bertz CT molecular complexity index is 555. The van der Waals surface area contributed by atoms with E-state index in [0.717, 1.165) is 32.4 Å². The number of hydrogen-bond donors (Lipinski definition) is 1. The average Bonchev–Trinajstić information content (AvgIpc) is 2.63. The average molecular weight is 366 g/mol. The first-order valence-electron chi connectivity index (χ1n) is 9.55. The molecule has 0 aromatic rings. The largest absolute Gasteiger partial charge is 0.383 e. The molecular weight excluding hydrogens is 336 g/mol. The lowest BCUT2D eigenvalue weighted by Gasteiger charge is -2.48. The van der Waals surface area contributed by atoms with Crippen LogP contribution in [0.4, 0.5) is 0 Å². The number of likely N-dealkylation sites (tertiary alicyclic amines) is 2. The lowest BCUT2D eigenvalue weighted by atomic mass is 9.73. The highest BCUT2D eigenvalue weighted by molar-refractivity contribution is 5.82. The number of carbonyl (C=O) groups is 3. The summed E-state index contributed by atoms with van der Waals surface area (Å²) < 4.78 is 5.12. The third-order valence-electron chi connectivity index (χ3n) is 5.80. The van der Waals surface area contributed by atoms with Crippen LogP contribution >= 0.6 is 0 Å². The van der Waals surface area contributed by atoms with E-state index < -0.39 is 0 Å². The van der Waals surface area contributed by atoms with Gasteiger partial charge in [0.2, 0.25) is 17.7 Å². The summed E-state index contributed by atoms with van der Waals surface area (Å²) in [5.41, 5.74) is 0.00876. The van der Waals surface area contributed by atoms with Crippen molar-refractivity contribution in [3.05, 3.63) is 0 Å². The number of carbonyl (C=O) groups excluding carboxylic acids is 3. The van der Waals surface area contributed by atoms with Gasteiger partial charge in [-0.1, -0.05) is 0 Å². The normalized spacial score (nSPS) is 27.7. The number of amides is 3. The van der Waals surface area contributed by atoms with Crippen molar-refractivity contribution in [1.82, 2.24) is 20.0 Å². The summed E-state index contributed by atoms with van der Waals surface area (Å²) >= 11 is 0. The molecule has 3 fully saturated rings. The summed E-state index contributed by atoms with van der Waals surface area (Å²) in [6, 6.07) is 0. The van der Waals surface area contributed by atoms with Crippen molar-refractivity contribution in [2.24, 2.45) is 5.41 Å². The smallest absolute Gasteiger partial charge is 0.236 e. The van der Waals surface area contributed by atoms with Crippen LogP contribution in [-0.2, 0) is 19.1 Å². The molecule has 0 aromatic heterocycles. The maximum Gasteiger partial charge on any atom is 0.236 e. The van der Waals surface area contributed by atoms with Gasteiger partial charge in [0.25, 0.3) is 0 Å². The fraction of sp³-hybridized carbons (Fsp3) is 0.833. The summed E-state index contributed by atoms with van der Waals surface area (Å²) in [5, 5.41) is 2.78. The van der Waals surface area contributed by atoms with Gasteiger partial charge in [-0.3, -0.25) is 19.3 Å². The van der Waals surface area contributed by atoms with Crippen LogP contribution in [0.25, 0.3) is 0 Å². The lowest BCUT2D eigenvalue weighted by molar-refractivity contribution is -0.144. The van der Waals surface area contributed by atoms with Gasteiger partial charge in [0.1, 0.15) is 0 Å². The Morgan fingerprint density at radius 1 is 1.23 bits per heavy atom. The SMILES string of the molecule is COCCN1CC2(CCCN(C(=O)CN3CCNC(=O)C3)C2)CCC1=O. The lowest BCUT2D eigenvalue weighted by Crippen LogP contribution is -2.57. The van der Waals surface area contributed by atoms with Gasteiger partial charge < -0.3 is 19.9 Å². The van der Waals surface area contributed by atoms with Crippen molar-refractivity contribution >= 4 is 17.7 Å². The highest BCUT2D eigenvalue weighted by Crippen LogP contribution is 2.38. The molecule has 0 aliphatic carbocycles. The summed E-state index contributed by atoms with van der Waals surface area (Å²) in [6.07, 6.45) is 3.43. The van der Waals surface area contributed by atoms with Crippen LogP contribution in [0.3, 0.4) is 0 Å². The fourth-order valence-electron chi connectivity index (χ4n) is 4.38. The van der Waals surface area contributed by atoms with Crippen molar-refractivity contribution in [2.75, 3.05) is 66.1 Å². The van der Waals surface area contributed by atoms with Gasteiger partial charge in [0.15, 0.2) is 0 Å². The number of piperidine rings is 2. The zero-order valence-electron chi connectivity index (χ0n) is 15.7. The number of hydrogen-bond acceptors (Lipinski definition) is 5. The first-order valence-corrected chi connectivity index (χ1v) is 9.55. The molecule has 146 valence electrons. The van der Waals surface area contributed by atoms with E-state index in [1.165, 1.54) is 0 Å². The second-order valence-corrected chi connectivity index (χ2v) is 7.79. The second-order valence-electron chi connectivity index (χ2n) is 7.79. The van der Waals surface area contributed by atoms with E-state index in [0.29, 0.717) is 52.3 Å². The van der Waals surface area contributed by atoms with Crippen LogP contribution in [0.15, 0.2) is 0 Å². The molecule has 26 heavy (non-hydrogen) atoms. The van der Waals surface area contributed by atoms with Crippen molar-refractivity contribution in [2.45, 2.75) is 25.7 Å². The van der Waals surface area contributed by atoms with Gasteiger partial charge in [0.05, 0.1) is 19.7 Å². The minimum Gasteiger partial charge on any atom is -0.383 e. The van der Waals surface area contributed by atoms with Crippen molar-refractivity contribution in [1.29, 1.82) is 0 Å². The summed E-state index contributed by atoms with van der Waals surface area (Å²) in [5.74, 6) is 0.272. The molecule has 1 atom stereocenters. The van der Waals surface area contributed by atoms with Crippen LogP contribution in [0.1, 0.15) is 25.7 Å². The number of nitrogens with zero attached hydrogens (tertiary/aromatic N) is 3. The van der Waals surface area contributed by atoms with Gasteiger partial charge in [-0.15, -0.1) is 0 Å². The second kappa shape index (κ2) is 8.35. The molecule has 3 amide bonds. The molecule has 0 radical (unpaired) electrons. The predicted octanol–water partition coefficient (Wildman–Crippen LogP) is -0.704. The zero-order chi connectivity index (χ0) is 18.6.